The van der Waals surface area contributed by atoms with Crippen LogP contribution in [0.4, 0.5) is 21.3 Å². The third kappa shape index (κ3) is 4.50. The maximum atomic E-state index is 12.5. The minimum atomic E-state index is -0.341. The van der Waals surface area contributed by atoms with Gasteiger partial charge in [-0.05, 0) is 55.9 Å². The number of fused-ring (bicyclic) bond motifs is 1. The van der Waals surface area contributed by atoms with Gasteiger partial charge in [-0.25, -0.2) is 9.78 Å². The number of anilines is 3. The molecule has 162 valence electrons. The van der Waals surface area contributed by atoms with E-state index >= 15 is 0 Å². The Bertz CT molecular complexity index is 1080. The number of aliphatic hydroxyl groups excluding tert-OH is 1. The van der Waals surface area contributed by atoms with Crippen molar-refractivity contribution < 1.29 is 9.90 Å². The summed E-state index contributed by atoms with van der Waals surface area (Å²) in [7, 11) is 0. The number of thiazole rings is 1. The number of hydrogen-bond donors (Lipinski definition) is 4. The first-order valence-electron chi connectivity index (χ1n) is 11.0. The van der Waals surface area contributed by atoms with Crippen LogP contribution in [0.2, 0.25) is 0 Å². The second-order valence-electron chi connectivity index (χ2n) is 8.47. The Balaban J connectivity index is 1.29. The summed E-state index contributed by atoms with van der Waals surface area (Å²) in [6, 6.07) is 7.30. The van der Waals surface area contributed by atoms with Gasteiger partial charge in [-0.1, -0.05) is 19.3 Å². The normalized spacial score (nSPS) is 21.5. The molecule has 5 rings (SSSR count). The van der Waals surface area contributed by atoms with E-state index < -0.39 is 0 Å². The number of urea groups is 1. The number of amides is 2. The molecule has 2 heterocycles. The van der Waals surface area contributed by atoms with Gasteiger partial charge in [-0.2, -0.15) is 0 Å². The highest BCUT2D eigenvalue weighted by molar-refractivity contribution is 7.15. The summed E-state index contributed by atoms with van der Waals surface area (Å²) in [6.07, 6.45) is 11.0. The van der Waals surface area contributed by atoms with E-state index in [1.807, 2.05) is 30.5 Å². The van der Waals surface area contributed by atoms with Crippen molar-refractivity contribution >= 4 is 44.8 Å². The van der Waals surface area contributed by atoms with E-state index in [9.17, 15) is 9.90 Å². The average molecular weight is 438 g/mol. The van der Waals surface area contributed by atoms with E-state index in [4.69, 9.17) is 0 Å². The van der Waals surface area contributed by atoms with Crippen molar-refractivity contribution in [3.63, 3.8) is 0 Å². The first kappa shape index (κ1) is 20.2. The summed E-state index contributed by atoms with van der Waals surface area (Å²) in [5.74, 6) is 0.609. The van der Waals surface area contributed by atoms with Crippen LogP contribution in [0.15, 0.2) is 36.7 Å². The fourth-order valence-corrected chi connectivity index (χ4v) is 5.29. The van der Waals surface area contributed by atoms with Crippen molar-refractivity contribution in [2.75, 3.05) is 16.0 Å². The molecule has 0 radical (unpaired) electrons. The van der Waals surface area contributed by atoms with Crippen molar-refractivity contribution in [3.05, 3.63) is 41.5 Å². The highest BCUT2D eigenvalue weighted by atomic mass is 32.1. The van der Waals surface area contributed by atoms with E-state index in [0.29, 0.717) is 16.7 Å². The Morgan fingerprint density at radius 3 is 2.71 bits per heavy atom. The Kier molecular flexibility index (Phi) is 5.74. The third-order valence-corrected chi connectivity index (χ3v) is 7.40. The molecule has 31 heavy (non-hydrogen) atoms. The summed E-state index contributed by atoms with van der Waals surface area (Å²) in [4.78, 5) is 22.5. The molecule has 2 aliphatic rings. The minimum Gasteiger partial charge on any atom is -0.391 e. The van der Waals surface area contributed by atoms with Gasteiger partial charge in [0.1, 0.15) is 0 Å². The number of pyridine rings is 1. The molecule has 0 bridgehead atoms. The first-order chi connectivity index (χ1) is 15.2. The fraction of sp³-hybridized carbons (Fsp3) is 0.435. The van der Waals surface area contributed by atoms with Gasteiger partial charge < -0.3 is 15.7 Å². The van der Waals surface area contributed by atoms with Crippen LogP contribution < -0.4 is 16.0 Å². The van der Waals surface area contributed by atoms with Gasteiger partial charge >= 0.3 is 6.03 Å². The second-order valence-corrected chi connectivity index (χ2v) is 9.53. The van der Waals surface area contributed by atoms with Crippen molar-refractivity contribution in [1.82, 2.24) is 9.97 Å². The molecule has 2 atom stereocenters. The Hall–Kier alpha value is -2.71. The van der Waals surface area contributed by atoms with Crippen LogP contribution in [0.3, 0.4) is 0 Å². The van der Waals surface area contributed by atoms with Crippen LogP contribution in [0, 0.1) is 0 Å². The maximum absolute atomic E-state index is 12.5. The molecule has 3 aromatic rings. The smallest absolute Gasteiger partial charge is 0.325 e. The fourth-order valence-electron chi connectivity index (χ4n) is 4.31. The summed E-state index contributed by atoms with van der Waals surface area (Å²) in [5.41, 5.74) is 2.44. The summed E-state index contributed by atoms with van der Waals surface area (Å²) in [5, 5.41) is 21.1. The molecule has 2 aliphatic carbocycles. The zero-order chi connectivity index (χ0) is 21.2. The van der Waals surface area contributed by atoms with E-state index in [2.05, 4.69) is 25.9 Å². The molecular formula is C23H27N5O2S. The molecule has 0 spiro atoms. The van der Waals surface area contributed by atoms with Gasteiger partial charge in [0.2, 0.25) is 0 Å². The van der Waals surface area contributed by atoms with Crippen LogP contribution >= 0.6 is 11.3 Å². The van der Waals surface area contributed by atoms with Crippen LogP contribution in [-0.4, -0.2) is 33.3 Å². The topological polar surface area (TPSA) is 99.2 Å². The number of rotatable bonds is 5. The highest BCUT2D eigenvalue weighted by Gasteiger charge is 2.24. The Morgan fingerprint density at radius 2 is 1.90 bits per heavy atom. The summed E-state index contributed by atoms with van der Waals surface area (Å²) < 4.78 is 0. The number of hydrogen-bond acceptors (Lipinski definition) is 6. The zero-order valence-corrected chi connectivity index (χ0v) is 18.1. The molecule has 4 N–H and O–H groups in total. The van der Waals surface area contributed by atoms with Gasteiger partial charge in [0, 0.05) is 34.0 Å². The maximum Gasteiger partial charge on any atom is 0.325 e. The summed E-state index contributed by atoms with van der Waals surface area (Å²) in [6.45, 7) is 0. The molecule has 0 aliphatic heterocycles. The second kappa shape index (κ2) is 8.80. The Labute approximate surface area is 185 Å². The van der Waals surface area contributed by atoms with Crippen LogP contribution in [0.5, 0.6) is 0 Å². The van der Waals surface area contributed by atoms with E-state index in [1.165, 1.54) is 24.1 Å². The number of nitrogens with zero attached hydrogens (tertiary/aromatic N) is 2. The number of benzene rings is 1. The van der Waals surface area contributed by atoms with Crippen molar-refractivity contribution in [3.8, 4) is 0 Å². The first-order valence-corrected chi connectivity index (χ1v) is 11.8. The number of carbonyl (C=O) groups is 1. The van der Waals surface area contributed by atoms with E-state index in [1.54, 1.807) is 17.5 Å². The monoisotopic (exact) mass is 437 g/mol. The number of aliphatic hydroxyl groups is 1. The SMILES string of the molecule is O=C(Nc1ccc2nccc(NC3CCCCC3O)c2c1)Nc1ncc(C2CCC2)s1. The standard InChI is InChI=1S/C23H27N5O2S/c29-20-7-2-1-6-19(20)27-18-10-11-24-17-9-8-15(12-16(17)18)26-22(30)28-23-25-13-21(31-23)14-4-3-5-14/h8-14,19-20,29H,1-7H2,(H,24,27)(H2,25,26,28,30). The highest BCUT2D eigenvalue weighted by Crippen LogP contribution is 2.40. The molecule has 2 aromatic heterocycles. The van der Waals surface area contributed by atoms with Gasteiger partial charge in [0.15, 0.2) is 5.13 Å². The molecule has 2 saturated carbocycles. The lowest BCUT2D eigenvalue weighted by Crippen LogP contribution is -2.36. The molecule has 7 nitrogen and oxygen atoms in total. The summed E-state index contributed by atoms with van der Waals surface area (Å²) >= 11 is 1.55. The average Bonchev–Trinajstić information content (AvgIpc) is 3.16. The number of aromatic nitrogens is 2. The molecule has 1 aromatic carbocycles. The quantitative estimate of drug-likeness (QED) is 0.433. The van der Waals surface area contributed by atoms with Gasteiger partial charge in [0.05, 0.1) is 17.7 Å². The van der Waals surface area contributed by atoms with Crippen molar-refractivity contribution in [1.29, 1.82) is 0 Å². The predicted molar refractivity (Wildman–Crippen MR) is 125 cm³/mol. The van der Waals surface area contributed by atoms with Gasteiger partial charge in [-0.3, -0.25) is 10.3 Å². The lowest BCUT2D eigenvalue weighted by molar-refractivity contribution is 0.116. The molecular weight excluding hydrogens is 410 g/mol. The number of nitrogens with one attached hydrogen (secondary N) is 3. The van der Waals surface area contributed by atoms with Gasteiger partial charge in [-0.15, -0.1) is 11.3 Å². The van der Waals surface area contributed by atoms with Crippen LogP contribution in [0.1, 0.15) is 55.7 Å². The van der Waals surface area contributed by atoms with Crippen LogP contribution in [0.25, 0.3) is 10.9 Å². The zero-order valence-electron chi connectivity index (χ0n) is 17.3. The largest absolute Gasteiger partial charge is 0.391 e. The third-order valence-electron chi connectivity index (χ3n) is 6.32. The van der Waals surface area contributed by atoms with Crippen LogP contribution in [-0.2, 0) is 0 Å². The predicted octanol–water partition coefficient (Wildman–Crippen LogP) is 5.32. The molecule has 0 saturated heterocycles. The number of carbonyl (C=O) groups excluding carboxylic acids is 1. The minimum absolute atomic E-state index is 0.0361. The molecule has 8 heteroatoms. The van der Waals surface area contributed by atoms with Crippen molar-refractivity contribution in [2.24, 2.45) is 0 Å². The van der Waals surface area contributed by atoms with E-state index in [-0.39, 0.29) is 18.2 Å². The van der Waals surface area contributed by atoms with Gasteiger partial charge in [0.25, 0.3) is 0 Å². The van der Waals surface area contributed by atoms with E-state index in [0.717, 1.165) is 42.3 Å². The van der Waals surface area contributed by atoms with Crippen molar-refractivity contribution in [2.45, 2.75) is 63.0 Å². The molecule has 2 amide bonds. The molecule has 2 fully saturated rings. The Morgan fingerprint density at radius 1 is 1.03 bits per heavy atom. The lowest BCUT2D eigenvalue weighted by atomic mass is 9.85. The molecule has 2 unspecified atom stereocenters. The lowest BCUT2D eigenvalue weighted by Gasteiger charge is -2.29.